The summed E-state index contributed by atoms with van der Waals surface area (Å²) in [5.41, 5.74) is 3.34. The molecular formula is C17H25FN2. The molecule has 0 bridgehead atoms. The molecule has 3 heteroatoms. The van der Waals surface area contributed by atoms with Crippen molar-refractivity contribution in [2.45, 2.75) is 46.3 Å². The summed E-state index contributed by atoms with van der Waals surface area (Å²) in [6.45, 7) is 9.85. The number of hydrogen-bond acceptors (Lipinski definition) is 2. The van der Waals surface area contributed by atoms with Gasteiger partial charge in [-0.1, -0.05) is 37.6 Å². The number of nitrogens with one attached hydrogen (secondary N) is 1. The first-order valence-electron chi connectivity index (χ1n) is 7.43. The van der Waals surface area contributed by atoms with Crippen molar-refractivity contribution in [1.29, 1.82) is 0 Å². The molecule has 1 aliphatic rings. The van der Waals surface area contributed by atoms with Crippen molar-refractivity contribution in [3.63, 3.8) is 0 Å². The minimum absolute atomic E-state index is 0.0921. The van der Waals surface area contributed by atoms with E-state index in [4.69, 9.17) is 0 Å². The topological polar surface area (TPSA) is 15.3 Å². The Labute approximate surface area is 121 Å². The van der Waals surface area contributed by atoms with E-state index >= 15 is 0 Å². The van der Waals surface area contributed by atoms with Gasteiger partial charge in [-0.05, 0) is 25.0 Å². The SMILES string of the molecule is CC1=CCCN(Cc2cc(CNC(C)C)ccc2F)C1. The molecule has 0 aromatic heterocycles. The first kappa shape index (κ1) is 15.2. The molecule has 0 atom stereocenters. The highest BCUT2D eigenvalue weighted by Crippen LogP contribution is 2.17. The third-order valence-electron chi connectivity index (χ3n) is 3.63. The summed E-state index contributed by atoms with van der Waals surface area (Å²) in [5.74, 6) is -0.0921. The fourth-order valence-corrected chi connectivity index (χ4v) is 2.55. The van der Waals surface area contributed by atoms with Crippen LogP contribution in [-0.4, -0.2) is 24.0 Å². The lowest BCUT2D eigenvalue weighted by molar-refractivity contribution is 0.278. The van der Waals surface area contributed by atoms with E-state index in [9.17, 15) is 4.39 Å². The van der Waals surface area contributed by atoms with E-state index in [2.05, 4.69) is 37.1 Å². The quantitative estimate of drug-likeness (QED) is 0.828. The zero-order chi connectivity index (χ0) is 14.5. The standard InChI is InChI=1S/C17H25FN2/c1-13(2)19-10-15-6-7-17(18)16(9-15)12-20-8-4-5-14(3)11-20/h5-7,9,13,19H,4,8,10-12H2,1-3H3. The van der Waals surface area contributed by atoms with Crippen LogP contribution in [0.15, 0.2) is 29.8 Å². The van der Waals surface area contributed by atoms with Crippen LogP contribution in [0.25, 0.3) is 0 Å². The Morgan fingerprint density at radius 3 is 2.85 bits per heavy atom. The third kappa shape index (κ3) is 4.43. The largest absolute Gasteiger partial charge is 0.310 e. The maximum atomic E-state index is 14.0. The van der Waals surface area contributed by atoms with Gasteiger partial charge < -0.3 is 5.32 Å². The summed E-state index contributed by atoms with van der Waals surface area (Å²) in [6.07, 6.45) is 3.35. The van der Waals surface area contributed by atoms with Gasteiger partial charge in [0.15, 0.2) is 0 Å². The van der Waals surface area contributed by atoms with Crippen LogP contribution in [-0.2, 0) is 13.1 Å². The minimum atomic E-state index is -0.0921. The molecule has 1 aliphatic heterocycles. The number of halogens is 1. The Morgan fingerprint density at radius 1 is 1.35 bits per heavy atom. The van der Waals surface area contributed by atoms with Crippen LogP contribution < -0.4 is 5.32 Å². The highest BCUT2D eigenvalue weighted by Gasteiger charge is 2.13. The van der Waals surface area contributed by atoms with Crippen LogP contribution in [0.5, 0.6) is 0 Å². The van der Waals surface area contributed by atoms with Crippen LogP contribution in [0, 0.1) is 5.82 Å². The lowest BCUT2D eigenvalue weighted by Crippen LogP contribution is -2.29. The Hall–Kier alpha value is -1.19. The summed E-state index contributed by atoms with van der Waals surface area (Å²) in [4.78, 5) is 2.31. The normalized spacial score (nSPS) is 16.6. The van der Waals surface area contributed by atoms with Gasteiger partial charge in [-0.25, -0.2) is 4.39 Å². The Kier molecular flexibility index (Phi) is 5.32. The fraction of sp³-hybridized carbons (Fsp3) is 0.529. The molecular weight excluding hydrogens is 251 g/mol. The first-order valence-corrected chi connectivity index (χ1v) is 7.43. The zero-order valence-electron chi connectivity index (χ0n) is 12.7. The molecule has 2 nitrogen and oxygen atoms in total. The Balaban J connectivity index is 2.03. The molecule has 1 aromatic carbocycles. The van der Waals surface area contributed by atoms with E-state index in [1.165, 1.54) is 5.57 Å². The molecule has 1 N–H and O–H groups in total. The van der Waals surface area contributed by atoms with Crippen LogP contribution in [0.2, 0.25) is 0 Å². The van der Waals surface area contributed by atoms with Crippen molar-refractivity contribution < 1.29 is 4.39 Å². The van der Waals surface area contributed by atoms with Crippen molar-refractivity contribution in [2.24, 2.45) is 0 Å². The minimum Gasteiger partial charge on any atom is -0.310 e. The average Bonchev–Trinajstić information content (AvgIpc) is 2.39. The van der Waals surface area contributed by atoms with Gasteiger partial charge in [0.05, 0.1) is 0 Å². The van der Waals surface area contributed by atoms with Gasteiger partial charge in [-0.3, -0.25) is 4.90 Å². The fourth-order valence-electron chi connectivity index (χ4n) is 2.55. The van der Waals surface area contributed by atoms with E-state index in [1.54, 1.807) is 6.07 Å². The smallest absolute Gasteiger partial charge is 0.127 e. The summed E-state index contributed by atoms with van der Waals surface area (Å²) < 4.78 is 14.0. The molecule has 20 heavy (non-hydrogen) atoms. The number of benzene rings is 1. The molecule has 0 unspecified atom stereocenters. The van der Waals surface area contributed by atoms with Gasteiger partial charge in [-0.2, -0.15) is 0 Å². The summed E-state index contributed by atoms with van der Waals surface area (Å²) in [6, 6.07) is 5.91. The Morgan fingerprint density at radius 2 is 2.15 bits per heavy atom. The molecule has 0 fully saturated rings. The molecule has 2 rings (SSSR count). The predicted molar refractivity (Wildman–Crippen MR) is 82.0 cm³/mol. The summed E-state index contributed by atoms with van der Waals surface area (Å²) >= 11 is 0. The number of hydrogen-bond donors (Lipinski definition) is 1. The zero-order valence-corrected chi connectivity index (χ0v) is 12.7. The highest BCUT2D eigenvalue weighted by molar-refractivity contribution is 5.25. The second kappa shape index (κ2) is 7.00. The van der Waals surface area contributed by atoms with Gasteiger partial charge in [0.2, 0.25) is 0 Å². The van der Waals surface area contributed by atoms with E-state index < -0.39 is 0 Å². The van der Waals surface area contributed by atoms with E-state index in [-0.39, 0.29) is 5.82 Å². The van der Waals surface area contributed by atoms with Crippen LogP contribution in [0.1, 0.15) is 38.3 Å². The summed E-state index contributed by atoms with van der Waals surface area (Å²) in [7, 11) is 0. The molecule has 0 aliphatic carbocycles. The molecule has 0 spiro atoms. The first-order chi connectivity index (χ1) is 9.54. The van der Waals surface area contributed by atoms with Crippen LogP contribution >= 0.6 is 0 Å². The second-order valence-electron chi connectivity index (χ2n) is 6.01. The van der Waals surface area contributed by atoms with Gasteiger partial charge in [0.1, 0.15) is 5.82 Å². The van der Waals surface area contributed by atoms with Crippen molar-refractivity contribution in [3.8, 4) is 0 Å². The second-order valence-corrected chi connectivity index (χ2v) is 6.01. The number of nitrogens with zero attached hydrogens (tertiary/aromatic N) is 1. The van der Waals surface area contributed by atoms with Crippen LogP contribution in [0.3, 0.4) is 0 Å². The van der Waals surface area contributed by atoms with E-state index in [0.29, 0.717) is 12.6 Å². The molecule has 0 saturated carbocycles. The lowest BCUT2D eigenvalue weighted by Gasteiger charge is -2.26. The van der Waals surface area contributed by atoms with Gasteiger partial charge in [0.25, 0.3) is 0 Å². The molecule has 1 aromatic rings. The lowest BCUT2D eigenvalue weighted by atomic mass is 10.1. The number of rotatable bonds is 5. The maximum absolute atomic E-state index is 14.0. The molecule has 0 radical (unpaired) electrons. The average molecular weight is 276 g/mol. The van der Waals surface area contributed by atoms with Crippen molar-refractivity contribution in [1.82, 2.24) is 10.2 Å². The monoisotopic (exact) mass is 276 g/mol. The van der Waals surface area contributed by atoms with E-state index in [0.717, 1.165) is 37.2 Å². The third-order valence-corrected chi connectivity index (χ3v) is 3.63. The van der Waals surface area contributed by atoms with Crippen molar-refractivity contribution in [2.75, 3.05) is 13.1 Å². The highest BCUT2D eigenvalue weighted by atomic mass is 19.1. The Bertz CT molecular complexity index is 480. The van der Waals surface area contributed by atoms with Crippen molar-refractivity contribution in [3.05, 3.63) is 46.8 Å². The van der Waals surface area contributed by atoms with Gasteiger partial charge >= 0.3 is 0 Å². The molecule has 0 amide bonds. The molecule has 0 saturated heterocycles. The molecule has 110 valence electrons. The van der Waals surface area contributed by atoms with E-state index in [1.807, 2.05) is 12.1 Å². The van der Waals surface area contributed by atoms with Gasteiger partial charge in [0, 0.05) is 37.8 Å². The predicted octanol–water partition coefficient (Wildman–Crippen LogP) is 3.48. The van der Waals surface area contributed by atoms with Gasteiger partial charge in [-0.15, -0.1) is 0 Å². The van der Waals surface area contributed by atoms with Crippen LogP contribution in [0.4, 0.5) is 4.39 Å². The molecule has 1 heterocycles. The van der Waals surface area contributed by atoms with Crippen molar-refractivity contribution >= 4 is 0 Å². The summed E-state index contributed by atoms with van der Waals surface area (Å²) in [5, 5.41) is 3.37. The maximum Gasteiger partial charge on any atom is 0.127 e.